The van der Waals surface area contributed by atoms with Crippen LogP contribution in [-0.2, 0) is 7.05 Å². The van der Waals surface area contributed by atoms with Gasteiger partial charge in [0.15, 0.2) is 0 Å². The van der Waals surface area contributed by atoms with Gasteiger partial charge in [0.25, 0.3) is 5.91 Å². The first-order chi connectivity index (χ1) is 11.7. The Hall–Kier alpha value is -2.66. The minimum Gasteiger partial charge on any atom is -0.334 e. The molecule has 1 saturated heterocycles. The van der Waals surface area contributed by atoms with Crippen molar-refractivity contribution in [3.63, 3.8) is 0 Å². The highest BCUT2D eigenvalue weighted by Gasteiger charge is 2.22. The number of hydrogen-bond donors (Lipinski definition) is 2. The molecule has 0 aliphatic carbocycles. The molecule has 0 bridgehead atoms. The normalized spacial score (nSPS) is 17.3. The fourth-order valence-corrected chi connectivity index (χ4v) is 3.39. The third kappa shape index (κ3) is 2.67. The van der Waals surface area contributed by atoms with Gasteiger partial charge in [-0.3, -0.25) is 4.79 Å². The van der Waals surface area contributed by atoms with Crippen LogP contribution in [0.25, 0.3) is 11.0 Å². The molecule has 5 nitrogen and oxygen atoms in total. The second-order valence-electron chi connectivity index (χ2n) is 6.29. The van der Waals surface area contributed by atoms with E-state index in [1.165, 1.54) is 0 Å². The molecule has 1 aromatic heterocycles. The standard InChI is InChI=1S/C19H20N4O/c1-23-12-21-17-10-14(6-7-18(17)23)22-19(24)16-5-3-2-4-15(16)13-8-9-20-11-13/h2-7,10,12-13,20H,8-9,11H2,1H3,(H,22,24)/t13-/m0/s1. The number of nitrogens with zero attached hydrogens (tertiary/aromatic N) is 2. The topological polar surface area (TPSA) is 59.0 Å². The van der Waals surface area contributed by atoms with Crippen LogP contribution in [0.2, 0.25) is 0 Å². The predicted molar refractivity (Wildman–Crippen MR) is 95.3 cm³/mol. The summed E-state index contributed by atoms with van der Waals surface area (Å²) < 4.78 is 1.96. The number of nitrogens with one attached hydrogen (secondary N) is 2. The van der Waals surface area contributed by atoms with Crippen LogP contribution >= 0.6 is 0 Å². The van der Waals surface area contributed by atoms with Crippen molar-refractivity contribution in [1.29, 1.82) is 0 Å². The Labute approximate surface area is 140 Å². The van der Waals surface area contributed by atoms with Gasteiger partial charge in [-0.2, -0.15) is 0 Å². The van der Waals surface area contributed by atoms with E-state index in [1.54, 1.807) is 6.33 Å². The number of fused-ring (bicyclic) bond motifs is 1. The van der Waals surface area contributed by atoms with Crippen molar-refractivity contribution in [1.82, 2.24) is 14.9 Å². The summed E-state index contributed by atoms with van der Waals surface area (Å²) in [4.78, 5) is 17.1. The van der Waals surface area contributed by atoms with E-state index >= 15 is 0 Å². The van der Waals surface area contributed by atoms with Crippen LogP contribution in [0.3, 0.4) is 0 Å². The lowest BCUT2D eigenvalue weighted by Gasteiger charge is -2.14. The molecule has 1 aliphatic heterocycles. The molecule has 2 N–H and O–H groups in total. The van der Waals surface area contributed by atoms with E-state index in [1.807, 2.05) is 48.0 Å². The number of imidazole rings is 1. The van der Waals surface area contributed by atoms with Crippen LogP contribution in [0.5, 0.6) is 0 Å². The number of benzene rings is 2. The Morgan fingerprint density at radius 1 is 1.29 bits per heavy atom. The van der Waals surface area contributed by atoms with Crippen molar-refractivity contribution in [3.8, 4) is 0 Å². The van der Waals surface area contributed by atoms with Gasteiger partial charge in [0, 0.05) is 24.8 Å². The van der Waals surface area contributed by atoms with Gasteiger partial charge in [-0.25, -0.2) is 4.98 Å². The first kappa shape index (κ1) is 14.9. The lowest BCUT2D eigenvalue weighted by Crippen LogP contribution is -2.17. The summed E-state index contributed by atoms with van der Waals surface area (Å²) in [6.45, 7) is 1.95. The van der Waals surface area contributed by atoms with E-state index in [2.05, 4.69) is 21.7 Å². The fraction of sp³-hybridized carbons (Fsp3) is 0.263. The van der Waals surface area contributed by atoms with Crippen LogP contribution in [0.4, 0.5) is 5.69 Å². The minimum absolute atomic E-state index is 0.0622. The summed E-state index contributed by atoms with van der Waals surface area (Å²) >= 11 is 0. The first-order valence-corrected chi connectivity index (χ1v) is 8.24. The van der Waals surface area contributed by atoms with Crippen molar-refractivity contribution < 1.29 is 4.79 Å². The summed E-state index contributed by atoms with van der Waals surface area (Å²) in [7, 11) is 1.96. The van der Waals surface area contributed by atoms with Crippen LogP contribution < -0.4 is 10.6 Å². The van der Waals surface area contributed by atoms with Crippen LogP contribution in [-0.4, -0.2) is 28.5 Å². The zero-order valence-corrected chi connectivity index (χ0v) is 13.6. The number of carbonyl (C=O) groups is 1. The molecule has 1 aliphatic rings. The summed E-state index contributed by atoms with van der Waals surface area (Å²) in [5.74, 6) is 0.345. The van der Waals surface area contributed by atoms with Gasteiger partial charge in [0.2, 0.25) is 0 Å². The highest BCUT2D eigenvalue weighted by atomic mass is 16.1. The number of aryl methyl sites for hydroxylation is 1. The van der Waals surface area contributed by atoms with E-state index in [9.17, 15) is 4.79 Å². The number of anilines is 1. The van der Waals surface area contributed by atoms with E-state index < -0.39 is 0 Å². The molecule has 3 aromatic rings. The number of hydrogen-bond acceptors (Lipinski definition) is 3. The largest absolute Gasteiger partial charge is 0.334 e. The molecule has 24 heavy (non-hydrogen) atoms. The SMILES string of the molecule is Cn1cnc2cc(NC(=O)c3ccccc3[C@H]3CCNC3)ccc21. The molecule has 122 valence electrons. The first-order valence-electron chi connectivity index (χ1n) is 8.24. The van der Waals surface area contributed by atoms with Gasteiger partial charge < -0.3 is 15.2 Å². The van der Waals surface area contributed by atoms with E-state index in [0.29, 0.717) is 5.92 Å². The van der Waals surface area contributed by atoms with Crippen LogP contribution in [0.1, 0.15) is 28.3 Å². The van der Waals surface area contributed by atoms with E-state index in [0.717, 1.165) is 47.4 Å². The van der Waals surface area contributed by atoms with Crippen molar-refractivity contribution in [3.05, 3.63) is 59.9 Å². The Morgan fingerprint density at radius 2 is 2.17 bits per heavy atom. The highest BCUT2D eigenvalue weighted by Crippen LogP contribution is 2.26. The molecule has 5 heteroatoms. The lowest BCUT2D eigenvalue weighted by molar-refractivity contribution is 0.102. The second-order valence-corrected chi connectivity index (χ2v) is 6.29. The third-order valence-corrected chi connectivity index (χ3v) is 4.69. The zero-order chi connectivity index (χ0) is 16.5. The number of rotatable bonds is 3. The smallest absolute Gasteiger partial charge is 0.255 e. The fourth-order valence-electron chi connectivity index (χ4n) is 3.39. The summed E-state index contributed by atoms with van der Waals surface area (Å²) in [6, 6.07) is 13.7. The number of aromatic nitrogens is 2. The van der Waals surface area contributed by atoms with Gasteiger partial charge in [-0.15, -0.1) is 0 Å². The molecule has 0 spiro atoms. The average Bonchev–Trinajstić information content (AvgIpc) is 3.25. The van der Waals surface area contributed by atoms with Gasteiger partial charge in [0.05, 0.1) is 17.4 Å². The molecular formula is C19H20N4O. The maximum Gasteiger partial charge on any atom is 0.255 e. The predicted octanol–water partition coefficient (Wildman–Crippen LogP) is 2.90. The zero-order valence-electron chi connectivity index (χ0n) is 13.6. The Kier molecular flexibility index (Phi) is 3.78. The summed E-state index contributed by atoms with van der Waals surface area (Å²) in [5, 5.41) is 6.38. The molecule has 1 amide bonds. The molecule has 1 fully saturated rings. The second kappa shape index (κ2) is 6.09. The summed E-state index contributed by atoms with van der Waals surface area (Å²) in [6.07, 6.45) is 2.85. The number of carbonyl (C=O) groups excluding carboxylic acids is 1. The highest BCUT2D eigenvalue weighted by molar-refractivity contribution is 6.06. The minimum atomic E-state index is -0.0622. The molecular weight excluding hydrogens is 300 g/mol. The Bertz CT molecular complexity index is 893. The van der Waals surface area contributed by atoms with E-state index in [-0.39, 0.29) is 5.91 Å². The van der Waals surface area contributed by atoms with Crippen molar-refractivity contribution >= 4 is 22.6 Å². The van der Waals surface area contributed by atoms with Gasteiger partial charge >= 0.3 is 0 Å². The molecule has 1 atom stereocenters. The molecule has 2 aromatic carbocycles. The van der Waals surface area contributed by atoms with Crippen molar-refractivity contribution in [2.24, 2.45) is 7.05 Å². The van der Waals surface area contributed by atoms with Crippen LogP contribution in [0.15, 0.2) is 48.8 Å². The maximum atomic E-state index is 12.8. The molecule has 2 heterocycles. The maximum absolute atomic E-state index is 12.8. The van der Waals surface area contributed by atoms with E-state index in [4.69, 9.17) is 0 Å². The molecule has 0 radical (unpaired) electrons. The molecule has 0 saturated carbocycles. The summed E-state index contributed by atoms with van der Waals surface area (Å²) in [5.41, 5.74) is 4.57. The lowest BCUT2D eigenvalue weighted by atomic mass is 9.93. The van der Waals surface area contributed by atoms with Gasteiger partial charge in [0.1, 0.15) is 0 Å². The average molecular weight is 320 g/mol. The van der Waals surface area contributed by atoms with Crippen LogP contribution in [0, 0.1) is 0 Å². The Morgan fingerprint density at radius 3 is 3.00 bits per heavy atom. The third-order valence-electron chi connectivity index (χ3n) is 4.69. The Balaban J connectivity index is 1.61. The number of amides is 1. The monoisotopic (exact) mass is 320 g/mol. The van der Waals surface area contributed by atoms with Gasteiger partial charge in [-0.05, 0) is 48.7 Å². The quantitative estimate of drug-likeness (QED) is 0.780. The molecule has 0 unspecified atom stereocenters. The van der Waals surface area contributed by atoms with Gasteiger partial charge in [-0.1, -0.05) is 18.2 Å². The van der Waals surface area contributed by atoms with Crippen molar-refractivity contribution in [2.75, 3.05) is 18.4 Å². The molecule has 4 rings (SSSR count). The van der Waals surface area contributed by atoms with Crippen molar-refractivity contribution in [2.45, 2.75) is 12.3 Å².